The van der Waals surface area contributed by atoms with Crippen molar-refractivity contribution < 1.29 is 9.90 Å². The lowest BCUT2D eigenvalue weighted by Crippen LogP contribution is -2.01. The molecule has 82 valence electrons. The molecule has 0 spiro atoms. The van der Waals surface area contributed by atoms with Crippen molar-refractivity contribution in [3.05, 3.63) is 46.2 Å². The van der Waals surface area contributed by atoms with E-state index < -0.39 is 5.97 Å². The summed E-state index contributed by atoms with van der Waals surface area (Å²) in [7, 11) is 0. The van der Waals surface area contributed by atoms with E-state index in [1.165, 1.54) is 6.07 Å². The quantitative estimate of drug-likeness (QED) is 0.920. The van der Waals surface area contributed by atoms with Gasteiger partial charge in [-0.3, -0.25) is 0 Å². The van der Waals surface area contributed by atoms with Crippen molar-refractivity contribution in [2.24, 2.45) is 0 Å². The van der Waals surface area contributed by atoms with Crippen molar-refractivity contribution >= 4 is 21.9 Å². The number of halogens is 1. The minimum absolute atomic E-state index is 0.0356. The van der Waals surface area contributed by atoms with Crippen molar-refractivity contribution in [1.82, 2.24) is 9.78 Å². The molecule has 4 nitrogen and oxygen atoms in total. The van der Waals surface area contributed by atoms with E-state index in [4.69, 9.17) is 5.11 Å². The molecule has 16 heavy (non-hydrogen) atoms. The molecule has 2 aromatic rings. The molecule has 0 saturated heterocycles. The van der Waals surface area contributed by atoms with Gasteiger partial charge in [-0.05, 0) is 40.5 Å². The van der Waals surface area contributed by atoms with Crippen LogP contribution in [0.15, 0.2) is 34.9 Å². The Kier molecular flexibility index (Phi) is 2.78. The van der Waals surface area contributed by atoms with Gasteiger partial charge in [0, 0.05) is 10.7 Å². The number of aromatic nitrogens is 2. The molecule has 0 aliphatic rings. The van der Waals surface area contributed by atoms with Gasteiger partial charge in [-0.25, -0.2) is 9.48 Å². The third kappa shape index (κ3) is 1.86. The number of benzene rings is 1. The molecule has 2 rings (SSSR count). The van der Waals surface area contributed by atoms with E-state index in [0.29, 0.717) is 0 Å². The summed E-state index contributed by atoms with van der Waals surface area (Å²) in [6.07, 6.45) is 1.63. The summed E-state index contributed by atoms with van der Waals surface area (Å²) in [6.45, 7) is 1.97. The summed E-state index contributed by atoms with van der Waals surface area (Å²) < 4.78 is 2.45. The normalized spacial score (nSPS) is 10.4. The molecule has 0 radical (unpaired) electrons. The maximum atomic E-state index is 10.7. The van der Waals surface area contributed by atoms with E-state index in [9.17, 15) is 4.79 Å². The van der Waals surface area contributed by atoms with Gasteiger partial charge in [0.1, 0.15) is 0 Å². The van der Waals surface area contributed by atoms with Crippen molar-refractivity contribution in [3.8, 4) is 5.69 Å². The molecule has 0 saturated carbocycles. The van der Waals surface area contributed by atoms with Gasteiger partial charge >= 0.3 is 5.97 Å². The molecule has 0 aliphatic carbocycles. The Morgan fingerprint density at radius 3 is 2.81 bits per heavy atom. The van der Waals surface area contributed by atoms with Gasteiger partial charge in [-0.2, -0.15) is 5.10 Å². The molecule has 1 aromatic heterocycles. The van der Waals surface area contributed by atoms with E-state index in [-0.39, 0.29) is 5.69 Å². The van der Waals surface area contributed by atoms with E-state index in [0.717, 1.165) is 15.7 Å². The molecule has 1 aromatic carbocycles. The number of carboxylic acids is 1. The average molecular weight is 281 g/mol. The van der Waals surface area contributed by atoms with Crippen LogP contribution in [0, 0.1) is 6.92 Å². The average Bonchev–Trinajstić information content (AvgIpc) is 2.71. The lowest BCUT2D eigenvalue weighted by atomic mass is 10.2. The van der Waals surface area contributed by atoms with Crippen molar-refractivity contribution in [3.63, 3.8) is 0 Å². The number of hydrogen-bond acceptors (Lipinski definition) is 2. The zero-order valence-electron chi connectivity index (χ0n) is 8.51. The van der Waals surface area contributed by atoms with Gasteiger partial charge in [0.25, 0.3) is 0 Å². The first-order valence-corrected chi connectivity index (χ1v) is 5.43. The van der Waals surface area contributed by atoms with Crippen LogP contribution < -0.4 is 0 Å². The van der Waals surface area contributed by atoms with Crippen molar-refractivity contribution in [1.29, 1.82) is 0 Å². The van der Waals surface area contributed by atoms with Gasteiger partial charge in [0.05, 0.1) is 5.69 Å². The Bertz CT molecular complexity index is 549. The SMILES string of the molecule is Cc1cccc(-n2ccc(C(=O)O)n2)c1Br. The first-order chi connectivity index (χ1) is 7.59. The van der Waals surface area contributed by atoms with Crippen LogP contribution in [0.3, 0.4) is 0 Å². The fourth-order valence-corrected chi connectivity index (χ4v) is 1.83. The van der Waals surface area contributed by atoms with Gasteiger partial charge in [-0.1, -0.05) is 12.1 Å². The van der Waals surface area contributed by atoms with Gasteiger partial charge in [0.15, 0.2) is 5.69 Å². The van der Waals surface area contributed by atoms with Gasteiger partial charge in [0.2, 0.25) is 0 Å². The topological polar surface area (TPSA) is 55.1 Å². The van der Waals surface area contributed by atoms with E-state index in [1.54, 1.807) is 10.9 Å². The molecule has 0 atom stereocenters. The largest absolute Gasteiger partial charge is 0.476 e. The lowest BCUT2D eigenvalue weighted by molar-refractivity contribution is 0.0690. The molecule has 0 amide bonds. The summed E-state index contributed by atoms with van der Waals surface area (Å²) in [6, 6.07) is 7.21. The molecule has 0 aliphatic heterocycles. The Labute approximate surface area is 101 Å². The monoisotopic (exact) mass is 280 g/mol. The van der Waals surface area contributed by atoms with Crippen LogP contribution in [0.2, 0.25) is 0 Å². The lowest BCUT2D eigenvalue weighted by Gasteiger charge is -2.06. The second kappa shape index (κ2) is 4.09. The van der Waals surface area contributed by atoms with E-state index in [2.05, 4.69) is 21.0 Å². The summed E-state index contributed by atoms with van der Waals surface area (Å²) >= 11 is 3.45. The predicted octanol–water partition coefficient (Wildman–Crippen LogP) is 2.64. The summed E-state index contributed by atoms with van der Waals surface area (Å²) in [4.78, 5) is 10.7. The van der Waals surface area contributed by atoms with Crippen LogP contribution in [0.1, 0.15) is 16.1 Å². The van der Waals surface area contributed by atoms with Crippen molar-refractivity contribution in [2.45, 2.75) is 6.92 Å². The van der Waals surface area contributed by atoms with Crippen LogP contribution in [0.5, 0.6) is 0 Å². The van der Waals surface area contributed by atoms with Crippen LogP contribution in [0.4, 0.5) is 0 Å². The molecule has 0 bridgehead atoms. The van der Waals surface area contributed by atoms with Crippen LogP contribution in [-0.2, 0) is 0 Å². The molecular formula is C11H9BrN2O2. The van der Waals surface area contributed by atoms with E-state index >= 15 is 0 Å². The fourth-order valence-electron chi connectivity index (χ4n) is 1.38. The third-order valence-electron chi connectivity index (χ3n) is 2.23. The predicted molar refractivity (Wildman–Crippen MR) is 63.0 cm³/mol. The smallest absolute Gasteiger partial charge is 0.356 e. The molecule has 5 heteroatoms. The van der Waals surface area contributed by atoms with E-state index in [1.807, 2.05) is 25.1 Å². The zero-order valence-corrected chi connectivity index (χ0v) is 10.1. The number of aryl methyl sites for hydroxylation is 1. The first kappa shape index (κ1) is 10.9. The van der Waals surface area contributed by atoms with Crippen LogP contribution >= 0.6 is 15.9 Å². The minimum atomic E-state index is -1.03. The highest BCUT2D eigenvalue weighted by Gasteiger charge is 2.10. The Balaban J connectivity index is 2.50. The highest BCUT2D eigenvalue weighted by atomic mass is 79.9. The second-order valence-corrected chi connectivity index (χ2v) is 4.15. The number of carboxylic acid groups (broad SMARTS) is 1. The van der Waals surface area contributed by atoms with Crippen LogP contribution in [-0.4, -0.2) is 20.9 Å². The van der Waals surface area contributed by atoms with Crippen molar-refractivity contribution in [2.75, 3.05) is 0 Å². The summed E-state index contributed by atoms with van der Waals surface area (Å²) in [5.41, 5.74) is 1.94. The summed E-state index contributed by atoms with van der Waals surface area (Å²) in [5, 5.41) is 12.8. The zero-order chi connectivity index (χ0) is 11.7. The second-order valence-electron chi connectivity index (χ2n) is 3.36. The third-order valence-corrected chi connectivity index (χ3v) is 3.26. The molecule has 1 N–H and O–H groups in total. The minimum Gasteiger partial charge on any atom is -0.476 e. The fraction of sp³-hybridized carbons (Fsp3) is 0.0909. The maximum Gasteiger partial charge on any atom is 0.356 e. The standard InChI is InChI=1S/C11H9BrN2O2/c1-7-3-2-4-9(10(7)12)14-6-5-8(13-14)11(15)16/h2-6H,1H3,(H,15,16). The van der Waals surface area contributed by atoms with Gasteiger partial charge in [-0.15, -0.1) is 0 Å². The molecule has 0 unspecified atom stereocenters. The number of nitrogens with zero attached hydrogens (tertiary/aromatic N) is 2. The number of aromatic carboxylic acids is 1. The number of rotatable bonds is 2. The maximum absolute atomic E-state index is 10.7. The molecular weight excluding hydrogens is 272 g/mol. The number of hydrogen-bond donors (Lipinski definition) is 1. The Hall–Kier alpha value is -1.62. The molecule has 0 fully saturated rings. The number of carbonyl (C=O) groups is 1. The Morgan fingerprint density at radius 2 is 2.19 bits per heavy atom. The Morgan fingerprint density at radius 1 is 1.44 bits per heavy atom. The summed E-state index contributed by atoms with van der Waals surface area (Å²) in [5.74, 6) is -1.03. The van der Waals surface area contributed by atoms with Crippen LogP contribution in [0.25, 0.3) is 5.69 Å². The molecule has 1 heterocycles. The van der Waals surface area contributed by atoms with Gasteiger partial charge < -0.3 is 5.11 Å². The highest BCUT2D eigenvalue weighted by molar-refractivity contribution is 9.10. The highest BCUT2D eigenvalue weighted by Crippen LogP contribution is 2.24. The first-order valence-electron chi connectivity index (χ1n) is 4.64.